The van der Waals surface area contributed by atoms with Crippen molar-refractivity contribution in [2.75, 3.05) is 6.61 Å². The molecule has 0 aliphatic carbocycles. The van der Waals surface area contributed by atoms with E-state index in [4.69, 9.17) is 5.11 Å². The molecule has 1 N–H and O–H groups in total. The van der Waals surface area contributed by atoms with Crippen LogP contribution in [0.3, 0.4) is 0 Å². The van der Waals surface area contributed by atoms with E-state index in [-0.39, 0.29) is 19.4 Å². The van der Waals surface area contributed by atoms with Gasteiger partial charge in [-0.2, -0.15) is 8.78 Å². The zero-order valence-electron chi connectivity index (χ0n) is 12.0. The van der Waals surface area contributed by atoms with E-state index in [1.165, 1.54) is 0 Å². The third-order valence-corrected chi connectivity index (χ3v) is 2.96. The highest BCUT2D eigenvalue weighted by atomic mass is 19.3. The summed E-state index contributed by atoms with van der Waals surface area (Å²) in [6.07, 6.45) is 1.70. The highest BCUT2D eigenvalue weighted by molar-refractivity contribution is 5.77. The Labute approximate surface area is 118 Å². The summed E-state index contributed by atoms with van der Waals surface area (Å²) in [5, 5.41) is 8.37. The Morgan fingerprint density at radius 1 is 1.15 bits per heavy atom. The second kappa shape index (κ2) is 10.9. The lowest BCUT2D eigenvalue weighted by molar-refractivity contribution is -0.173. The molecule has 0 aromatic heterocycles. The van der Waals surface area contributed by atoms with Crippen molar-refractivity contribution in [3.63, 3.8) is 0 Å². The monoisotopic (exact) mass is 298 g/mol. The molecule has 20 heavy (non-hydrogen) atoms. The van der Waals surface area contributed by atoms with E-state index in [9.17, 15) is 18.0 Å². The Morgan fingerprint density at radius 3 is 2.40 bits per heavy atom. The molecule has 1 atom stereocenters. The number of alkyl halides is 3. The summed E-state index contributed by atoms with van der Waals surface area (Å²) in [5.41, 5.74) is 0. The summed E-state index contributed by atoms with van der Waals surface area (Å²) in [6, 6.07) is 0. The highest BCUT2D eigenvalue weighted by Crippen LogP contribution is 2.24. The molecule has 0 aromatic carbocycles. The maximum Gasteiger partial charge on any atom is 0.376 e. The van der Waals surface area contributed by atoms with Crippen LogP contribution in [0, 0.1) is 0 Å². The molecular weight excluding hydrogens is 273 g/mol. The predicted octanol–water partition coefficient (Wildman–Crippen LogP) is 3.98. The second-order valence-electron chi connectivity index (χ2n) is 4.93. The number of esters is 1. The maximum atomic E-state index is 13.4. The van der Waals surface area contributed by atoms with Crippen molar-refractivity contribution in [2.24, 2.45) is 0 Å². The van der Waals surface area contributed by atoms with Crippen molar-refractivity contribution in [1.29, 1.82) is 0 Å². The van der Waals surface area contributed by atoms with Crippen LogP contribution in [0.15, 0.2) is 0 Å². The van der Waals surface area contributed by atoms with Crippen LogP contribution in [-0.2, 0) is 9.53 Å². The Morgan fingerprint density at radius 2 is 1.80 bits per heavy atom. The van der Waals surface area contributed by atoms with Crippen LogP contribution < -0.4 is 0 Å². The van der Waals surface area contributed by atoms with E-state index in [0.29, 0.717) is 19.3 Å². The van der Waals surface area contributed by atoms with Gasteiger partial charge in [0.15, 0.2) is 6.36 Å². The minimum absolute atomic E-state index is 0.0302. The molecule has 0 heterocycles. The minimum Gasteiger partial charge on any atom is -0.461 e. The number of unbranched alkanes of at least 4 members (excludes halogenated alkanes) is 5. The van der Waals surface area contributed by atoms with Gasteiger partial charge in [0.25, 0.3) is 0 Å². The van der Waals surface area contributed by atoms with Crippen molar-refractivity contribution in [2.45, 2.75) is 77.0 Å². The molecule has 0 radical (unpaired) electrons. The topological polar surface area (TPSA) is 46.5 Å². The Kier molecular flexibility index (Phi) is 10.5. The number of carbonyl (C=O) groups is 1. The van der Waals surface area contributed by atoms with Gasteiger partial charge >= 0.3 is 11.9 Å². The third-order valence-electron chi connectivity index (χ3n) is 2.96. The average Bonchev–Trinajstić information content (AvgIpc) is 2.37. The van der Waals surface area contributed by atoms with Gasteiger partial charge in [-0.1, -0.05) is 32.6 Å². The smallest absolute Gasteiger partial charge is 0.376 e. The summed E-state index contributed by atoms with van der Waals surface area (Å²) in [4.78, 5) is 11.2. The molecule has 3 nitrogen and oxygen atoms in total. The molecule has 0 fully saturated rings. The van der Waals surface area contributed by atoms with Gasteiger partial charge < -0.3 is 9.84 Å². The van der Waals surface area contributed by atoms with Gasteiger partial charge in [0.1, 0.15) is 0 Å². The van der Waals surface area contributed by atoms with Crippen LogP contribution in [0.4, 0.5) is 13.2 Å². The van der Waals surface area contributed by atoms with Crippen LogP contribution in [0.5, 0.6) is 0 Å². The predicted molar refractivity (Wildman–Crippen MR) is 70.2 cm³/mol. The summed E-state index contributed by atoms with van der Waals surface area (Å²) < 4.78 is 43.4. The van der Waals surface area contributed by atoms with Crippen LogP contribution in [0.25, 0.3) is 0 Å². The molecule has 0 rings (SSSR count). The first kappa shape index (κ1) is 19.2. The molecular formula is C14H25F3O3. The standard InChI is InChI=1S/C14H25F3O3/c1-2-3-4-8-11-20-13(19)14(16,17)10-7-5-6-9-12(15)18/h12,18H,2-11H2,1H3. The number of hydrogen-bond acceptors (Lipinski definition) is 3. The third kappa shape index (κ3) is 10.1. The fourth-order valence-electron chi connectivity index (χ4n) is 1.74. The van der Waals surface area contributed by atoms with Crippen molar-refractivity contribution >= 4 is 5.97 Å². The molecule has 0 amide bonds. The first-order valence-electron chi connectivity index (χ1n) is 7.27. The fraction of sp³-hybridized carbons (Fsp3) is 0.929. The van der Waals surface area contributed by atoms with E-state index >= 15 is 0 Å². The Balaban J connectivity index is 3.71. The van der Waals surface area contributed by atoms with Crippen molar-refractivity contribution in [1.82, 2.24) is 0 Å². The van der Waals surface area contributed by atoms with Gasteiger partial charge in [-0.05, 0) is 19.3 Å². The summed E-state index contributed by atoms with van der Waals surface area (Å²) in [6.45, 7) is 2.06. The molecule has 0 aliphatic heterocycles. The number of aliphatic hydroxyl groups is 1. The molecule has 120 valence electrons. The highest BCUT2D eigenvalue weighted by Gasteiger charge is 2.39. The molecule has 0 aromatic rings. The SMILES string of the molecule is CCCCCCOC(=O)C(F)(F)CCCCCC(O)F. The van der Waals surface area contributed by atoms with Gasteiger partial charge in [0.2, 0.25) is 0 Å². The van der Waals surface area contributed by atoms with Gasteiger partial charge in [-0.15, -0.1) is 0 Å². The number of ether oxygens (including phenoxy) is 1. The van der Waals surface area contributed by atoms with E-state index in [0.717, 1.165) is 19.3 Å². The van der Waals surface area contributed by atoms with Gasteiger partial charge in [0.05, 0.1) is 6.61 Å². The largest absolute Gasteiger partial charge is 0.461 e. The molecule has 6 heteroatoms. The molecule has 1 unspecified atom stereocenters. The first-order chi connectivity index (χ1) is 9.40. The van der Waals surface area contributed by atoms with Crippen LogP contribution in [0.1, 0.15) is 64.7 Å². The minimum atomic E-state index is -3.47. The maximum absolute atomic E-state index is 13.4. The molecule has 0 bridgehead atoms. The first-order valence-corrected chi connectivity index (χ1v) is 7.27. The van der Waals surface area contributed by atoms with E-state index in [2.05, 4.69) is 4.74 Å². The number of aliphatic hydroxyl groups excluding tert-OH is 1. The van der Waals surface area contributed by atoms with Crippen molar-refractivity contribution in [3.05, 3.63) is 0 Å². The lowest BCUT2D eigenvalue weighted by Gasteiger charge is -2.15. The van der Waals surface area contributed by atoms with E-state index in [1.807, 2.05) is 6.92 Å². The zero-order valence-corrected chi connectivity index (χ0v) is 12.0. The van der Waals surface area contributed by atoms with Gasteiger partial charge in [-0.25, -0.2) is 9.18 Å². The summed E-state index contributed by atoms with van der Waals surface area (Å²) in [5.74, 6) is -4.95. The lowest BCUT2D eigenvalue weighted by atomic mass is 10.1. The molecule has 0 saturated carbocycles. The van der Waals surface area contributed by atoms with Crippen molar-refractivity contribution < 1.29 is 27.8 Å². The van der Waals surface area contributed by atoms with E-state index in [1.54, 1.807) is 0 Å². The molecule has 0 aliphatic rings. The van der Waals surface area contributed by atoms with Gasteiger partial charge in [0, 0.05) is 12.8 Å². The van der Waals surface area contributed by atoms with Gasteiger partial charge in [-0.3, -0.25) is 0 Å². The van der Waals surface area contributed by atoms with Crippen molar-refractivity contribution in [3.8, 4) is 0 Å². The number of halogens is 3. The average molecular weight is 298 g/mol. The summed E-state index contributed by atoms with van der Waals surface area (Å²) in [7, 11) is 0. The zero-order chi connectivity index (χ0) is 15.4. The van der Waals surface area contributed by atoms with Crippen LogP contribution >= 0.6 is 0 Å². The Hall–Kier alpha value is -0.780. The number of rotatable bonds is 12. The fourth-order valence-corrected chi connectivity index (χ4v) is 1.74. The molecule has 0 saturated heterocycles. The quantitative estimate of drug-likeness (QED) is 0.438. The molecule has 0 spiro atoms. The number of hydrogen-bond donors (Lipinski definition) is 1. The number of carbonyl (C=O) groups excluding carboxylic acids is 1. The second-order valence-corrected chi connectivity index (χ2v) is 4.93. The van der Waals surface area contributed by atoms with Crippen LogP contribution in [-0.4, -0.2) is 30.0 Å². The normalized spacial score (nSPS) is 13.2. The summed E-state index contributed by atoms with van der Waals surface area (Å²) >= 11 is 0. The Bertz CT molecular complexity index is 258. The van der Waals surface area contributed by atoms with Crippen LogP contribution in [0.2, 0.25) is 0 Å². The lowest BCUT2D eigenvalue weighted by Crippen LogP contribution is -2.31. The van der Waals surface area contributed by atoms with E-state index < -0.39 is 24.7 Å².